The Hall–Kier alpha value is -6.61. The number of hydrogen-bond acceptors (Lipinski definition) is 10. The SMILES string of the molecule is NCCCCN(CCCN(CCCNC(=O)[C@H](CCCCNC(=O)OCc1ccccc1)NC(=O)OCc1ccccc1)C(=O)OCc1ccccc1)C(=O)OCc1ccccc1. The van der Waals surface area contributed by atoms with Crippen molar-refractivity contribution in [2.24, 2.45) is 5.73 Å². The molecule has 4 rings (SSSR count). The highest BCUT2D eigenvalue weighted by molar-refractivity contribution is 5.85. The van der Waals surface area contributed by atoms with Crippen LogP contribution in [0.5, 0.6) is 0 Å². The number of nitrogens with two attached hydrogens (primary N) is 1. The molecule has 15 heteroatoms. The molecule has 0 aliphatic carbocycles. The minimum atomic E-state index is -0.919. The van der Waals surface area contributed by atoms with E-state index in [2.05, 4.69) is 16.0 Å². The van der Waals surface area contributed by atoms with Gasteiger partial charge in [0.1, 0.15) is 32.5 Å². The number of amides is 5. The minimum Gasteiger partial charge on any atom is -0.445 e. The van der Waals surface area contributed by atoms with Gasteiger partial charge in [-0.05, 0) is 73.7 Å². The van der Waals surface area contributed by atoms with Crippen LogP contribution in [-0.4, -0.2) is 91.9 Å². The van der Waals surface area contributed by atoms with E-state index in [9.17, 15) is 24.0 Å². The number of ether oxygens (including phenoxy) is 4. The van der Waals surface area contributed by atoms with Gasteiger partial charge in [-0.3, -0.25) is 4.79 Å². The monoisotopic (exact) mass is 866 g/mol. The lowest BCUT2D eigenvalue weighted by molar-refractivity contribution is -0.123. The quantitative estimate of drug-likeness (QED) is 0.0350. The zero-order chi connectivity index (χ0) is 44.7. The van der Waals surface area contributed by atoms with Crippen molar-refractivity contribution < 1.29 is 42.9 Å². The molecule has 5 amide bonds. The number of rotatable bonds is 27. The predicted octanol–water partition coefficient (Wildman–Crippen LogP) is 7.29. The summed E-state index contributed by atoms with van der Waals surface area (Å²) in [5.74, 6) is -0.415. The fourth-order valence-electron chi connectivity index (χ4n) is 6.33. The van der Waals surface area contributed by atoms with E-state index in [1.165, 1.54) is 0 Å². The third kappa shape index (κ3) is 20.7. The molecule has 0 heterocycles. The van der Waals surface area contributed by atoms with E-state index in [1.54, 1.807) is 9.80 Å². The van der Waals surface area contributed by atoms with Crippen molar-refractivity contribution in [3.8, 4) is 0 Å². The first-order valence-electron chi connectivity index (χ1n) is 21.6. The summed E-state index contributed by atoms with van der Waals surface area (Å²) in [7, 11) is 0. The number of carbonyl (C=O) groups is 5. The van der Waals surface area contributed by atoms with Gasteiger partial charge in [0.25, 0.3) is 0 Å². The number of carbonyl (C=O) groups excluding carboxylic acids is 5. The van der Waals surface area contributed by atoms with Gasteiger partial charge in [-0.2, -0.15) is 0 Å². The van der Waals surface area contributed by atoms with Crippen molar-refractivity contribution in [2.45, 2.75) is 77.4 Å². The molecule has 0 aliphatic rings. The molecule has 63 heavy (non-hydrogen) atoms. The molecule has 0 saturated heterocycles. The van der Waals surface area contributed by atoms with Crippen molar-refractivity contribution in [2.75, 3.05) is 45.8 Å². The van der Waals surface area contributed by atoms with E-state index in [0.717, 1.165) is 28.7 Å². The third-order valence-electron chi connectivity index (χ3n) is 9.79. The van der Waals surface area contributed by atoms with Gasteiger partial charge < -0.3 is 50.4 Å². The number of nitrogens with zero attached hydrogens (tertiary/aromatic N) is 2. The maximum absolute atomic E-state index is 13.5. The maximum Gasteiger partial charge on any atom is 0.410 e. The Balaban J connectivity index is 1.30. The highest BCUT2D eigenvalue weighted by atomic mass is 16.6. The van der Waals surface area contributed by atoms with E-state index >= 15 is 0 Å². The molecule has 0 bridgehead atoms. The van der Waals surface area contributed by atoms with Crippen LogP contribution in [0, 0.1) is 0 Å². The van der Waals surface area contributed by atoms with Crippen molar-refractivity contribution in [3.63, 3.8) is 0 Å². The molecule has 0 unspecified atom stereocenters. The number of nitrogens with one attached hydrogen (secondary N) is 3. The van der Waals surface area contributed by atoms with Crippen LogP contribution in [0.25, 0.3) is 0 Å². The summed E-state index contributed by atoms with van der Waals surface area (Å²) in [6.07, 6.45) is 1.34. The standard InChI is InChI=1S/C48H62N6O9/c49-28-14-16-31-53(47(58)62-37-41-23-9-3-10-24-41)33-18-34-54(48(59)63-38-42-25-11-4-12-26-42)32-17-30-50-44(55)43(52-46(57)61-36-40-21-7-2-8-22-40)27-13-15-29-51-45(56)60-35-39-19-5-1-6-20-39/h1-12,19-26,43H,13-18,27-38,49H2,(H,50,55)(H,51,56)(H,52,57)/t43-/m0/s1. The van der Waals surface area contributed by atoms with Crippen molar-refractivity contribution in [1.29, 1.82) is 0 Å². The minimum absolute atomic E-state index is 0.0343. The molecule has 4 aromatic rings. The molecule has 0 saturated carbocycles. The first kappa shape index (κ1) is 49.0. The Morgan fingerprint density at radius 2 is 0.873 bits per heavy atom. The third-order valence-corrected chi connectivity index (χ3v) is 9.79. The Morgan fingerprint density at radius 3 is 1.35 bits per heavy atom. The smallest absolute Gasteiger partial charge is 0.410 e. The molecule has 5 N–H and O–H groups in total. The largest absolute Gasteiger partial charge is 0.445 e. The van der Waals surface area contributed by atoms with Crippen LogP contribution in [0.3, 0.4) is 0 Å². The molecule has 0 fully saturated rings. The van der Waals surface area contributed by atoms with E-state index in [-0.39, 0.29) is 52.5 Å². The summed E-state index contributed by atoms with van der Waals surface area (Å²) in [5, 5.41) is 8.30. The highest BCUT2D eigenvalue weighted by Gasteiger charge is 2.23. The van der Waals surface area contributed by atoms with Crippen molar-refractivity contribution in [1.82, 2.24) is 25.8 Å². The lowest BCUT2D eigenvalue weighted by Gasteiger charge is -2.26. The van der Waals surface area contributed by atoms with E-state index in [4.69, 9.17) is 24.7 Å². The van der Waals surface area contributed by atoms with Gasteiger partial charge in [-0.1, -0.05) is 121 Å². The summed E-state index contributed by atoms with van der Waals surface area (Å²) < 4.78 is 22.0. The van der Waals surface area contributed by atoms with Crippen molar-refractivity contribution in [3.05, 3.63) is 144 Å². The van der Waals surface area contributed by atoms with E-state index < -0.39 is 36.3 Å². The lowest BCUT2D eigenvalue weighted by Crippen LogP contribution is -2.47. The van der Waals surface area contributed by atoms with Gasteiger partial charge in [0.05, 0.1) is 0 Å². The summed E-state index contributed by atoms with van der Waals surface area (Å²) in [5.41, 5.74) is 9.11. The van der Waals surface area contributed by atoms with Crippen molar-refractivity contribution >= 4 is 30.3 Å². The Morgan fingerprint density at radius 1 is 0.460 bits per heavy atom. The maximum atomic E-state index is 13.5. The average Bonchev–Trinajstić information content (AvgIpc) is 3.32. The molecule has 338 valence electrons. The second-order valence-electron chi connectivity index (χ2n) is 14.8. The van der Waals surface area contributed by atoms with Crippen LogP contribution < -0.4 is 21.7 Å². The van der Waals surface area contributed by atoms with Crippen LogP contribution in [0.2, 0.25) is 0 Å². The molecule has 15 nitrogen and oxygen atoms in total. The van der Waals surface area contributed by atoms with Crippen LogP contribution in [0.15, 0.2) is 121 Å². The predicted molar refractivity (Wildman–Crippen MR) is 239 cm³/mol. The number of hydrogen-bond donors (Lipinski definition) is 4. The van der Waals surface area contributed by atoms with Gasteiger partial charge in [0.2, 0.25) is 5.91 Å². The first-order chi connectivity index (χ1) is 30.8. The van der Waals surface area contributed by atoms with Gasteiger partial charge in [0, 0.05) is 39.3 Å². The fourth-order valence-corrected chi connectivity index (χ4v) is 6.33. The van der Waals surface area contributed by atoms with Gasteiger partial charge in [-0.25, -0.2) is 19.2 Å². The van der Waals surface area contributed by atoms with Crippen LogP contribution in [0.1, 0.15) is 67.2 Å². The molecular weight excluding hydrogens is 805 g/mol. The first-order valence-corrected chi connectivity index (χ1v) is 21.6. The Kier molecular flexibility index (Phi) is 23.1. The second-order valence-corrected chi connectivity index (χ2v) is 14.8. The number of benzene rings is 4. The molecule has 0 radical (unpaired) electrons. The Labute approximate surface area is 370 Å². The Bertz CT molecular complexity index is 1910. The number of alkyl carbamates (subject to hydrolysis) is 2. The molecule has 1 atom stereocenters. The summed E-state index contributed by atoms with van der Waals surface area (Å²) in [6.45, 7) is 2.77. The van der Waals surface area contributed by atoms with Crippen LogP contribution in [-0.2, 0) is 50.2 Å². The summed E-state index contributed by atoms with van der Waals surface area (Å²) in [6, 6.07) is 36.4. The van der Waals surface area contributed by atoms with E-state index in [0.29, 0.717) is 58.3 Å². The van der Waals surface area contributed by atoms with Crippen LogP contribution in [0.4, 0.5) is 19.2 Å². The molecular formula is C48H62N6O9. The summed E-state index contributed by atoms with van der Waals surface area (Å²) in [4.78, 5) is 68.3. The second kappa shape index (κ2) is 29.6. The normalized spacial score (nSPS) is 11.1. The highest BCUT2D eigenvalue weighted by Crippen LogP contribution is 2.10. The molecule has 4 aromatic carbocycles. The molecule has 0 spiro atoms. The fraction of sp³-hybridized carbons (Fsp3) is 0.396. The van der Waals surface area contributed by atoms with Crippen LogP contribution >= 0.6 is 0 Å². The summed E-state index contributed by atoms with van der Waals surface area (Å²) >= 11 is 0. The zero-order valence-electron chi connectivity index (χ0n) is 36.0. The lowest BCUT2D eigenvalue weighted by atomic mass is 10.1. The molecule has 0 aliphatic heterocycles. The molecule has 0 aromatic heterocycles. The zero-order valence-corrected chi connectivity index (χ0v) is 36.0. The van der Waals surface area contributed by atoms with Gasteiger partial charge in [0.15, 0.2) is 0 Å². The topological polar surface area (TPSA) is 191 Å². The number of unbranched alkanes of at least 4 members (excludes halogenated alkanes) is 2. The van der Waals surface area contributed by atoms with Gasteiger partial charge in [-0.15, -0.1) is 0 Å². The van der Waals surface area contributed by atoms with Gasteiger partial charge >= 0.3 is 24.4 Å². The average molecular weight is 867 g/mol. The van der Waals surface area contributed by atoms with E-state index in [1.807, 2.05) is 121 Å².